The molecule has 1 unspecified atom stereocenters. The standard InChI is InChI=1S/C9H13N3O2.2C2H6/c1-6-2-9(12-10-4-6)14-5-7-3-8(13)11-7;2*1-2/h2,4,7,10,12H,3,5H2,1H3,(H,11,13);2*1-2H3. The van der Waals surface area contributed by atoms with E-state index >= 15 is 0 Å². The number of hydrogen-bond acceptors (Lipinski definition) is 4. The Labute approximate surface area is 110 Å². The van der Waals surface area contributed by atoms with Gasteiger partial charge < -0.3 is 15.5 Å². The van der Waals surface area contributed by atoms with Crippen LogP contribution in [0, 0.1) is 0 Å². The Kier molecular flexibility index (Phi) is 8.53. The van der Waals surface area contributed by atoms with Crippen LogP contribution < -0.4 is 16.2 Å². The van der Waals surface area contributed by atoms with Crippen LogP contribution >= 0.6 is 0 Å². The first-order chi connectivity index (χ1) is 8.74. The number of amides is 1. The van der Waals surface area contributed by atoms with Crippen LogP contribution in [-0.4, -0.2) is 18.6 Å². The fourth-order valence-electron chi connectivity index (χ4n) is 1.30. The largest absolute Gasteiger partial charge is 0.476 e. The van der Waals surface area contributed by atoms with Gasteiger partial charge >= 0.3 is 0 Å². The van der Waals surface area contributed by atoms with E-state index in [0.29, 0.717) is 18.9 Å². The summed E-state index contributed by atoms with van der Waals surface area (Å²) in [5, 5.41) is 2.74. The molecule has 2 aliphatic heterocycles. The SMILES string of the molecule is CC.CC.CC1=CNNC(OCC2CC(=O)N2)=C1. The number of carbonyl (C=O) groups is 1. The summed E-state index contributed by atoms with van der Waals surface area (Å²) in [5.74, 6) is 0.782. The molecule has 2 heterocycles. The zero-order chi connectivity index (χ0) is 14.0. The Morgan fingerprint density at radius 3 is 2.44 bits per heavy atom. The molecule has 1 atom stereocenters. The summed E-state index contributed by atoms with van der Waals surface area (Å²) in [4.78, 5) is 10.6. The second-order valence-corrected chi connectivity index (χ2v) is 3.45. The Hall–Kier alpha value is -1.65. The lowest BCUT2D eigenvalue weighted by Crippen LogP contribution is -2.51. The van der Waals surface area contributed by atoms with Gasteiger partial charge in [-0.25, -0.2) is 0 Å². The van der Waals surface area contributed by atoms with E-state index in [2.05, 4.69) is 16.2 Å². The summed E-state index contributed by atoms with van der Waals surface area (Å²) in [6.07, 6.45) is 4.31. The van der Waals surface area contributed by atoms with Crippen LogP contribution in [0.2, 0.25) is 0 Å². The molecular weight excluding hydrogens is 230 g/mol. The van der Waals surface area contributed by atoms with Gasteiger partial charge in [-0.1, -0.05) is 27.7 Å². The zero-order valence-corrected chi connectivity index (χ0v) is 12.0. The van der Waals surface area contributed by atoms with Gasteiger partial charge in [0.25, 0.3) is 0 Å². The predicted octanol–water partition coefficient (Wildman–Crippen LogP) is 1.80. The molecule has 3 N–H and O–H groups in total. The van der Waals surface area contributed by atoms with Crippen molar-refractivity contribution in [3.8, 4) is 0 Å². The summed E-state index contributed by atoms with van der Waals surface area (Å²) >= 11 is 0. The second kappa shape index (κ2) is 9.39. The van der Waals surface area contributed by atoms with Crippen molar-refractivity contribution in [2.75, 3.05) is 6.61 Å². The number of nitrogens with one attached hydrogen (secondary N) is 3. The van der Waals surface area contributed by atoms with Crippen molar-refractivity contribution in [3.63, 3.8) is 0 Å². The minimum Gasteiger partial charge on any atom is -0.476 e. The number of ether oxygens (including phenoxy) is 1. The van der Waals surface area contributed by atoms with Crippen molar-refractivity contribution in [1.82, 2.24) is 16.2 Å². The van der Waals surface area contributed by atoms with Crippen LogP contribution in [0.15, 0.2) is 23.7 Å². The molecule has 1 saturated heterocycles. The average molecular weight is 255 g/mol. The lowest BCUT2D eigenvalue weighted by atomic mass is 10.1. The molecule has 0 aliphatic carbocycles. The quantitative estimate of drug-likeness (QED) is 0.673. The fraction of sp³-hybridized carbons (Fsp3) is 0.615. The molecule has 0 bridgehead atoms. The van der Waals surface area contributed by atoms with E-state index in [9.17, 15) is 4.79 Å². The van der Waals surface area contributed by atoms with Gasteiger partial charge in [0, 0.05) is 12.3 Å². The van der Waals surface area contributed by atoms with E-state index < -0.39 is 0 Å². The summed E-state index contributed by atoms with van der Waals surface area (Å²) in [6, 6.07) is 0.163. The van der Waals surface area contributed by atoms with E-state index in [0.717, 1.165) is 5.57 Å². The van der Waals surface area contributed by atoms with E-state index in [1.165, 1.54) is 0 Å². The van der Waals surface area contributed by atoms with Gasteiger partial charge in [0.1, 0.15) is 6.61 Å². The molecule has 5 heteroatoms. The maximum absolute atomic E-state index is 10.6. The Balaban J connectivity index is 0.000000659. The number of carbonyl (C=O) groups excluding carboxylic acids is 1. The number of rotatable bonds is 3. The van der Waals surface area contributed by atoms with Crippen LogP contribution in [0.5, 0.6) is 0 Å². The fourth-order valence-corrected chi connectivity index (χ4v) is 1.30. The number of hydrazine groups is 1. The van der Waals surface area contributed by atoms with Crippen molar-refractivity contribution in [2.45, 2.75) is 47.1 Å². The maximum Gasteiger partial charge on any atom is 0.222 e. The molecule has 104 valence electrons. The van der Waals surface area contributed by atoms with Gasteiger partial charge in [0.2, 0.25) is 11.8 Å². The molecular formula is C13H25N3O2. The predicted molar refractivity (Wildman–Crippen MR) is 73.3 cm³/mol. The molecule has 1 fully saturated rings. The van der Waals surface area contributed by atoms with Crippen LogP contribution in [0.3, 0.4) is 0 Å². The minimum absolute atomic E-state index is 0.0957. The lowest BCUT2D eigenvalue weighted by Gasteiger charge is -2.27. The molecule has 0 saturated carbocycles. The first-order valence-corrected chi connectivity index (χ1v) is 6.56. The topological polar surface area (TPSA) is 62.4 Å². The van der Waals surface area contributed by atoms with Crippen molar-refractivity contribution < 1.29 is 9.53 Å². The lowest BCUT2D eigenvalue weighted by molar-refractivity contribution is -0.129. The highest BCUT2D eigenvalue weighted by atomic mass is 16.5. The third kappa shape index (κ3) is 5.61. The van der Waals surface area contributed by atoms with E-state index in [4.69, 9.17) is 4.74 Å². The normalized spacial score (nSPS) is 19.8. The molecule has 2 aliphatic rings. The number of β-lactam (4-membered cyclic amide) rings is 1. The van der Waals surface area contributed by atoms with Gasteiger partial charge in [-0.2, -0.15) is 0 Å². The van der Waals surface area contributed by atoms with Gasteiger partial charge in [-0.15, -0.1) is 0 Å². The van der Waals surface area contributed by atoms with Crippen molar-refractivity contribution >= 4 is 5.91 Å². The van der Waals surface area contributed by atoms with Crippen LogP contribution in [0.25, 0.3) is 0 Å². The smallest absolute Gasteiger partial charge is 0.222 e. The first kappa shape index (κ1) is 16.4. The number of hydrogen-bond donors (Lipinski definition) is 3. The van der Waals surface area contributed by atoms with E-state index in [-0.39, 0.29) is 11.9 Å². The van der Waals surface area contributed by atoms with Gasteiger partial charge in [-0.3, -0.25) is 10.2 Å². The summed E-state index contributed by atoms with van der Waals surface area (Å²) in [6.45, 7) is 10.5. The zero-order valence-electron chi connectivity index (χ0n) is 12.0. The monoisotopic (exact) mass is 255 g/mol. The molecule has 18 heavy (non-hydrogen) atoms. The summed E-state index contributed by atoms with van der Waals surface area (Å²) in [7, 11) is 0. The molecule has 0 spiro atoms. The van der Waals surface area contributed by atoms with Crippen molar-refractivity contribution in [3.05, 3.63) is 23.7 Å². The van der Waals surface area contributed by atoms with Gasteiger partial charge in [0.15, 0.2) is 0 Å². The maximum atomic E-state index is 10.6. The van der Waals surface area contributed by atoms with Crippen molar-refractivity contribution in [1.29, 1.82) is 0 Å². The molecule has 5 nitrogen and oxygen atoms in total. The first-order valence-electron chi connectivity index (χ1n) is 6.56. The van der Waals surface area contributed by atoms with E-state index in [1.54, 1.807) is 0 Å². The highest BCUT2D eigenvalue weighted by molar-refractivity contribution is 5.82. The minimum atomic E-state index is 0.0957. The Morgan fingerprint density at radius 2 is 1.94 bits per heavy atom. The molecule has 0 radical (unpaired) electrons. The highest BCUT2D eigenvalue weighted by Crippen LogP contribution is 2.08. The molecule has 0 aromatic heterocycles. The van der Waals surface area contributed by atoms with Crippen molar-refractivity contribution in [2.24, 2.45) is 0 Å². The molecule has 0 aromatic rings. The third-order valence-electron chi connectivity index (χ3n) is 2.09. The molecule has 2 rings (SSSR count). The van der Waals surface area contributed by atoms with Gasteiger partial charge in [0.05, 0.1) is 12.5 Å². The molecule has 1 amide bonds. The Bertz CT molecular complexity index is 303. The van der Waals surface area contributed by atoms with Gasteiger partial charge in [-0.05, 0) is 12.5 Å². The summed E-state index contributed by atoms with van der Waals surface area (Å²) < 4.78 is 5.44. The summed E-state index contributed by atoms with van der Waals surface area (Å²) in [5.41, 5.74) is 6.82. The average Bonchev–Trinajstić information content (AvgIpc) is 2.38. The highest BCUT2D eigenvalue weighted by Gasteiger charge is 2.25. The third-order valence-corrected chi connectivity index (χ3v) is 2.09. The van der Waals surface area contributed by atoms with Crippen LogP contribution in [-0.2, 0) is 9.53 Å². The molecule has 0 aromatic carbocycles. The number of allylic oxidation sites excluding steroid dienone is 2. The second-order valence-electron chi connectivity index (χ2n) is 3.45. The van der Waals surface area contributed by atoms with Crippen LogP contribution in [0.1, 0.15) is 41.0 Å². The van der Waals surface area contributed by atoms with Crippen LogP contribution in [0.4, 0.5) is 0 Å². The van der Waals surface area contributed by atoms with E-state index in [1.807, 2.05) is 46.9 Å². The Morgan fingerprint density at radius 1 is 1.33 bits per heavy atom.